The average Bonchev–Trinajstić information content (AvgIpc) is 2.63. The third-order valence-corrected chi connectivity index (χ3v) is 7.14. The molecule has 7 nitrogen and oxygen atoms in total. The number of esters is 1. The summed E-state index contributed by atoms with van der Waals surface area (Å²) < 4.78 is 4.50. The molecule has 8 heteroatoms. The maximum atomic E-state index is 12.0. The van der Waals surface area contributed by atoms with E-state index < -0.39 is 30.4 Å². The topological polar surface area (TPSA) is 110 Å². The molecule has 1 amide bonds. The number of aliphatic carboxylic acids is 1. The number of methoxy groups -OCH3 is 1. The number of carboxylic acid groups (broad SMARTS) is 1. The molecule has 3 N–H and O–H groups in total. The molecule has 0 aromatic heterocycles. The van der Waals surface area contributed by atoms with Crippen LogP contribution in [-0.2, 0) is 19.1 Å². The first kappa shape index (κ1) is 24.0. The maximum Gasteiger partial charge on any atom is 0.323 e. The number of carbonyl (C=O) groups excluding carboxylic acids is 2. The van der Waals surface area contributed by atoms with E-state index in [0.717, 1.165) is 17.8 Å². The van der Waals surface area contributed by atoms with Gasteiger partial charge in [-0.15, -0.1) is 0 Å². The fourth-order valence-electron chi connectivity index (χ4n) is 5.57. The molecule has 4 rings (SSSR count). The van der Waals surface area contributed by atoms with Gasteiger partial charge in [0, 0.05) is 23.3 Å². The second kappa shape index (κ2) is 10.2. The summed E-state index contributed by atoms with van der Waals surface area (Å²) in [6, 6.07) is -0.525. The number of carbonyl (C=O) groups is 3. The first-order valence-electron chi connectivity index (χ1n) is 10.6. The molecule has 4 aliphatic carbocycles. The van der Waals surface area contributed by atoms with E-state index in [-0.39, 0.29) is 12.3 Å². The van der Waals surface area contributed by atoms with Crippen molar-refractivity contribution in [2.45, 2.75) is 70.4 Å². The second-order valence-corrected chi connectivity index (χ2v) is 9.72. The summed E-state index contributed by atoms with van der Waals surface area (Å²) in [5, 5.41) is 8.80. The van der Waals surface area contributed by atoms with E-state index >= 15 is 0 Å². The molecule has 166 valence electrons. The Labute approximate surface area is 179 Å². The van der Waals surface area contributed by atoms with Crippen molar-refractivity contribution in [3.63, 3.8) is 0 Å². The van der Waals surface area contributed by atoms with Gasteiger partial charge in [0.15, 0.2) is 0 Å². The lowest BCUT2D eigenvalue weighted by Gasteiger charge is -2.55. The highest BCUT2D eigenvalue weighted by Crippen LogP contribution is 2.54. The molecule has 0 aromatic rings. The van der Waals surface area contributed by atoms with E-state index in [1.165, 1.54) is 50.5 Å². The van der Waals surface area contributed by atoms with E-state index in [4.69, 9.17) is 10.8 Å². The van der Waals surface area contributed by atoms with E-state index in [9.17, 15) is 14.4 Å². The van der Waals surface area contributed by atoms with E-state index in [1.807, 2.05) is 0 Å². The second-order valence-electron chi connectivity index (χ2n) is 9.35. The number of thiol groups is 1. The monoisotopic (exact) mass is 428 g/mol. The van der Waals surface area contributed by atoms with Crippen molar-refractivity contribution in [1.82, 2.24) is 4.90 Å². The Bertz CT molecular complexity index is 577. The number of ether oxygens (including phenoxy) is 1. The van der Waals surface area contributed by atoms with Gasteiger partial charge in [-0.05, 0) is 63.2 Å². The SMILES string of the molecule is COC(=O)C[C@@H](C)N(CC(=O)O)C(=O)[C@H](C)CS.NC12CC3CC(CC(C3)C1)C2. The van der Waals surface area contributed by atoms with Gasteiger partial charge in [-0.2, -0.15) is 12.6 Å². The zero-order chi connectivity index (χ0) is 21.8. The summed E-state index contributed by atoms with van der Waals surface area (Å²) in [7, 11) is 1.24. The Balaban J connectivity index is 0.000000227. The van der Waals surface area contributed by atoms with Crippen molar-refractivity contribution in [3.05, 3.63) is 0 Å². The van der Waals surface area contributed by atoms with Crippen LogP contribution in [0.1, 0.15) is 58.8 Å². The van der Waals surface area contributed by atoms with E-state index in [2.05, 4.69) is 17.4 Å². The quantitative estimate of drug-likeness (QED) is 0.424. The number of nitrogens with two attached hydrogens (primary N) is 1. The minimum atomic E-state index is -1.12. The van der Waals surface area contributed by atoms with E-state index in [1.54, 1.807) is 13.8 Å². The smallest absolute Gasteiger partial charge is 0.323 e. The van der Waals surface area contributed by atoms with Gasteiger partial charge in [0.2, 0.25) is 5.91 Å². The normalized spacial score (nSPS) is 31.3. The van der Waals surface area contributed by atoms with Gasteiger partial charge in [0.1, 0.15) is 6.54 Å². The number of hydrogen-bond acceptors (Lipinski definition) is 6. The Morgan fingerprint density at radius 2 is 1.62 bits per heavy atom. The van der Waals surface area contributed by atoms with Crippen molar-refractivity contribution in [2.75, 3.05) is 19.4 Å². The van der Waals surface area contributed by atoms with Gasteiger partial charge in [0.25, 0.3) is 0 Å². The minimum absolute atomic E-state index is 0.0329. The Kier molecular flexibility index (Phi) is 8.40. The lowest BCUT2D eigenvalue weighted by molar-refractivity contribution is -0.150. The molecular formula is C21H36N2O5S. The number of rotatable bonds is 7. The highest BCUT2D eigenvalue weighted by Gasteiger charge is 2.48. The Morgan fingerprint density at radius 1 is 1.14 bits per heavy atom. The van der Waals surface area contributed by atoms with Gasteiger partial charge >= 0.3 is 11.9 Å². The van der Waals surface area contributed by atoms with Crippen LogP contribution in [0.3, 0.4) is 0 Å². The predicted octanol–water partition coefficient (Wildman–Crippen LogP) is 2.33. The van der Waals surface area contributed by atoms with Gasteiger partial charge < -0.3 is 20.5 Å². The largest absolute Gasteiger partial charge is 0.480 e. The van der Waals surface area contributed by atoms with Crippen molar-refractivity contribution in [3.8, 4) is 0 Å². The number of hydrogen-bond donors (Lipinski definition) is 3. The number of carboxylic acids is 1. The average molecular weight is 429 g/mol. The van der Waals surface area contributed by atoms with Gasteiger partial charge in [0.05, 0.1) is 13.5 Å². The van der Waals surface area contributed by atoms with Gasteiger partial charge in [-0.3, -0.25) is 14.4 Å². The zero-order valence-electron chi connectivity index (χ0n) is 17.8. The summed E-state index contributed by atoms with van der Waals surface area (Å²) in [6.45, 7) is 2.84. The first-order chi connectivity index (χ1) is 13.6. The third-order valence-electron chi connectivity index (χ3n) is 6.59. The minimum Gasteiger partial charge on any atom is -0.480 e. The highest BCUT2D eigenvalue weighted by atomic mass is 32.1. The van der Waals surface area contributed by atoms with Crippen molar-refractivity contribution in [1.29, 1.82) is 0 Å². The standard InChI is InChI=1S/C11H19NO5S.C10H17N/c1-7(6-18)11(16)12(5-9(13)14)8(2)4-10(15)17-3;11-10-4-7-1-8(5-10)3-9(2-7)6-10/h7-8,18H,4-6H2,1-3H3,(H,13,14);7-9H,1-6,11H2/t7-,8-;/m1./s1. The lowest BCUT2D eigenvalue weighted by atomic mass is 9.53. The molecule has 0 unspecified atom stereocenters. The van der Waals surface area contributed by atoms with Crippen molar-refractivity contribution in [2.24, 2.45) is 29.4 Å². The Hall–Kier alpha value is -1.28. The molecule has 4 fully saturated rings. The van der Waals surface area contributed by atoms with Gasteiger partial charge in [-0.25, -0.2) is 0 Å². The lowest BCUT2D eigenvalue weighted by Crippen LogP contribution is -2.55. The van der Waals surface area contributed by atoms with Crippen LogP contribution in [0.5, 0.6) is 0 Å². The summed E-state index contributed by atoms with van der Waals surface area (Å²) >= 11 is 4.01. The fourth-order valence-corrected chi connectivity index (χ4v) is 5.73. The predicted molar refractivity (Wildman–Crippen MR) is 114 cm³/mol. The Morgan fingerprint density at radius 3 is 1.97 bits per heavy atom. The zero-order valence-corrected chi connectivity index (χ0v) is 18.7. The van der Waals surface area contributed by atoms with Crippen LogP contribution >= 0.6 is 12.6 Å². The maximum absolute atomic E-state index is 12.0. The molecule has 4 saturated carbocycles. The van der Waals surface area contributed by atoms with Crippen LogP contribution < -0.4 is 5.73 Å². The molecule has 0 radical (unpaired) electrons. The highest BCUT2D eigenvalue weighted by molar-refractivity contribution is 7.80. The molecule has 4 aliphatic rings. The van der Waals surface area contributed by atoms with Crippen LogP contribution in [0, 0.1) is 23.7 Å². The molecule has 0 heterocycles. The van der Waals surface area contributed by atoms with Crippen molar-refractivity contribution >= 4 is 30.5 Å². The molecule has 4 bridgehead atoms. The van der Waals surface area contributed by atoms with Gasteiger partial charge in [-0.1, -0.05) is 6.92 Å². The summed E-state index contributed by atoms with van der Waals surface area (Å²) in [4.78, 5) is 35.1. The molecule has 29 heavy (non-hydrogen) atoms. The molecule has 0 aromatic carbocycles. The van der Waals surface area contributed by atoms with Crippen molar-refractivity contribution < 1.29 is 24.2 Å². The van der Waals surface area contributed by atoms with Crippen LogP contribution in [-0.4, -0.2) is 58.8 Å². The van der Waals surface area contributed by atoms with Crippen LogP contribution in [0.15, 0.2) is 0 Å². The number of amides is 1. The molecule has 0 spiro atoms. The summed E-state index contributed by atoms with van der Waals surface area (Å²) in [5.41, 5.74) is 6.62. The molecule has 0 aliphatic heterocycles. The van der Waals surface area contributed by atoms with Crippen LogP contribution in [0.4, 0.5) is 0 Å². The molecule has 0 saturated heterocycles. The molecular weight excluding hydrogens is 392 g/mol. The number of nitrogens with zero attached hydrogens (tertiary/aromatic N) is 1. The van der Waals surface area contributed by atoms with E-state index in [0.29, 0.717) is 11.3 Å². The third kappa shape index (κ3) is 6.60. The molecule has 2 atom stereocenters. The summed E-state index contributed by atoms with van der Waals surface area (Å²) in [5.74, 6) is 1.05. The fraction of sp³-hybridized carbons (Fsp3) is 0.857. The first-order valence-corrected chi connectivity index (χ1v) is 11.2. The summed E-state index contributed by atoms with van der Waals surface area (Å²) in [6.07, 6.45) is 8.54. The van der Waals surface area contributed by atoms with Crippen LogP contribution in [0.25, 0.3) is 0 Å². The van der Waals surface area contributed by atoms with Crippen LogP contribution in [0.2, 0.25) is 0 Å².